The fourth-order valence-corrected chi connectivity index (χ4v) is 3.50. The zero-order valence-corrected chi connectivity index (χ0v) is 12.4. The van der Waals surface area contributed by atoms with Crippen molar-refractivity contribution in [3.8, 4) is 5.75 Å². The molecule has 8 heteroatoms. The molecule has 1 aromatic carbocycles. The molecule has 0 aliphatic carbocycles. The van der Waals surface area contributed by atoms with Crippen LogP contribution in [0, 0.1) is 0 Å². The number of ether oxygens (including phenoxy) is 1. The SMILES string of the molecule is O=C1N(c2ccc(OC(F)(F)F)cc2)CC2CC(Br)CN12. The van der Waals surface area contributed by atoms with E-state index >= 15 is 0 Å². The molecule has 2 unspecified atom stereocenters. The first-order valence-electron chi connectivity index (χ1n) is 6.41. The zero-order chi connectivity index (χ0) is 15.2. The molecule has 2 fully saturated rings. The summed E-state index contributed by atoms with van der Waals surface area (Å²) in [6, 6.07) is 5.42. The van der Waals surface area contributed by atoms with Crippen LogP contribution in [0.3, 0.4) is 0 Å². The quantitative estimate of drug-likeness (QED) is 0.753. The van der Waals surface area contributed by atoms with E-state index in [2.05, 4.69) is 20.7 Å². The number of hydrogen-bond donors (Lipinski definition) is 0. The number of alkyl halides is 4. The number of urea groups is 1. The maximum absolute atomic E-state index is 12.3. The number of benzene rings is 1. The predicted octanol–water partition coefficient (Wildman–Crippen LogP) is 3.36. The van der Waals surface area contributed by atoms with Crippen molar-refractivity contribution in [3.63, 3.8) is 0 Å². The number of halogens is 4. The highest BCUT2D eigenvalue weighted by Gasteiger charge is 2.43. The average Bonchev–Trinajstić information content (AvgIpc) is 2.87. The monoisotopic (exact) mass is 364 g/mol. The number of fused-ring (bicyclic) bond motifs is 1. The fourth-order valence-electron chi connectivity index (χ4n) is 2.75. The van der Waals surface area contributed by atoms with Crippen LogP contribution in [0.5, 0.6) is 5.75 Å². The Morgan fingerprint density at radius 1 is 1.19 bits per heavy atom. The molecule has 3 rings (SSSR count). The van der Waals surface area contributed by atoms with Crippen LogP contribution in [-0.2, 0) is 0 Å². The summed E-state index contributed by atoms with van der Waals surface area (Å²) in [6.07, 6.45) is -3.82. The van der Waals surface area contributed by atoms with Gasteiger partial charge in [-0.3, -0.25) is 4.90 Å². The zero-order valence-electron chi connectivity index (χ0n) is 10.8. The normalized spacial score (nSPS) is 25.4. The molecule has 0 N–H and O–H groups in total. The van der Waals surface area contributed by atoms with Gasteiger partial charge >= 0.3 is 12.4 Å². The van der Waals surface area contributed by atoms with E-state index in [-0.39, 0.29) is 17.8 Å². The number of carbonyl (C=O) groups is 1. The van der Waals surface area contributed by atoms with Gasteiger partial charge in [0.15, 0.2) is 0 Å². The lowest BCUT2D eigenvalue weighted by molar-refractivity contribution is -0.274. The molecule has 1 aromatic rings. The standard InChI is InChI=1S/C13H12BrF3N2O2/c14-8-5-10-7-19(12(20)18(10)6-8)9-1-3-11(4-2-9)21-13(15,16)17/h1-4,8,10H,5-7H2. The van der Waals surface area contributed by atoms with E-state index in [0.717, 1.165) is 6.42 Å². The van der Waals surface area contributed by atoms with Gasteiger partial charge < -0.3 is 9.64 Å². The van der Waals surface area contributed by atoms with Gasteiger partial charge in [0, 0.05) is 23.6 Å². The van der Waals surface area contributed by atoms with Crippen molar-refractivity contribution in [3.05, 3.63) is 24.3 Å². The van der Waals surface area contributed by atoms with E-state index in [1.807, 2.05) is 0 Å². The Balaban J connectivity index is 1.72. The van der Waals surface area contributed by atoms with Crippen molar-refractivity contribution in [2.24, 2.45) is 0 Å². The maximum Gasteiger partial charge on any atom is 0.573 e. The molecule has 2 atom stereocenters. The minimum atomic E-state index is -4.71. The van der Waals surface area contributed by atoms with E-state index in [1.54, 1.807) is 9.80 Å². The molecule has 21 heavy (non-hydrogen) atoms. The van der Waals surface area contributed by atoms with Crippen LogP contribution < -0.4 is 9.64 Å². The van der Waals surface area contributed by atoms with E-state index in [9.17, 15) is 18.0 Å². The first-order valence-corrected chi connectivity index (χ1v) is 7.33. The van der Waals surface area contributed by atoms with E-state index in [1.165, 1.54) is 24.3 Å². The maximum atomic E-state index is 12.3. The van der Waals surface area contributed by atoms with Crippen LogP contribution in [0.4, 0.5) is 23.7 Å². The third-order valence-corrected chi connectivity index (χ3v) is 4.28. The molecule has 0 saturated carbocycles. The van der Waals surface area contributed by atoms with Crippen LogP contribution in [0.1, 0.15) is 6.42 Å². The van der Waals surface area contributed by atoms with Gasteiger partial charge in [0.25, 0.3) is 0 Å². The highest BCUT2D eigenvalue weighted by molar-refractivity contribution is 9.09. The van der Waals surface area contributed by atoms with E-state index in [4.69, 9.17) is 0 Å². The number of anilines is 1. The van der Waals surface area contributed by atoms with Crippen LogP contribution in [0.25, 0.3) is 0 Å². The second kappa shape index (κ2) is 5.08. The van der Waals surface area contributed by atoms with Gasteiger partial charge in [-0.05, 0) is 30.7 Å². The van der Waals surface area contributed by atoms with Crippen LogP contribution in [0.15, 0.2) is 24.3 Å². The average molecular weight is 365 g/mol. The summed E-state index contributed by atoms with van der Waals surface area (Å²) in [4.78, 5) is 16.0. The third-order valence-electron chi connectivity index (χ3n) is 3.62. The minimum absolute atomic E-state index is 0.105. The Labute approximate surface area is 127 Å². The van der Waals surface area contributed by atoms with Gasteiger partial charge in [-0.1, -0.05) is 15.9 Å². The summed E-state index contributed by atoms with van der Waals surface area (Å²) < 4.78 is 40.1. The van der Waals surface area contributed by atoms with Gasteiger partial charge in [0.1, 0.15) is 5.75 Å². The van der Waals surface area contributed by atoms with Crippen LogP contribution >= 0.6 is 15.9 Å². The first-order chi connectivity index (χ1) is 9.83. The van der Waals surface area contributed by atoms with Crippen LogP contribution in [-0.4, -0.2) is 41.3 Å². The molecule has 2 aliphatic rings. The first kappa shape index (κ1) is 14.5. The molecule has 114 valence electrons. The third kappa shape index (κ3) is 2.95. The Kier molecular flexibility index (Phi) is 3.51. The summed E-state index contributed by atoms with van der Waals surface area (Å²) >= 11 is 3.50. The molecule has 2 aliphatic heterocycles. The summed E-state index contributed by atoms with van der Waals surface area (Å²) in [7, 11) is 0. The van der Waals surface area contributed by atoms with Crippen molar-refractivity contribution < 1.29 is 22.7 Å². The van der Waals surface area contributed by atoms with Crippen molar-refractivity contribution in [1.29, 1.82) is 0 Å². The minimum Gasteiger partial charge on any atom is -0.406 e. The number of amides is 2. The highest BCUT2D eigenvalue weighted by atomic mass is 79.9. The summed E-state index contributed by atoms with van der Waals surface area (Å²) in [5.74, 6) is -0.293. The molecular weight excluding hydrogens is 353 g/mol. The molecule has 2 saturated heterocycles. The number of hydrogen-bond acceptors (Lipinski definition) is 2. The highest BCUT2D eigenvalue weighted by Crippen LogP contribution is 2.33. The predicted molar refractivity (Wildman–Crippen MR) is 73.7 cm³/mol. The summed E-state index contributed by atoms with van der Waals surface area (Å²) in [6.45, 7) is 1.22. The molecule has 0 radical (unpaired) electrons. The molecule has 2 amide bonds. The number of rotatable bonds is 2. The molecular formula is C13H12BrF3N2O2. The Hall–Kier alpha value is -1.44. The lowest BCUT2D eigenvalue weighted by Gasteiger charge is -2.18. The van der Waals surface area contributed by atoms with Crippen molar-refractivity contribution >= 4 is 27.6 Å². The summed E-state index contributed by atoms with van der Waals surface area (Å²) in [5.41, 5.74) is 0.579. The largest absolute Gasteiger partial charge is 0.573 e. The van der Waals surface area contributed by atoms with Crippen molar-refractivity contribution in [2.75, 3.05) is 18.0 Å². The second-order valence-electron chi connectivity index (χ2n) is 5.07. The number of nitrogens with zero attached hydrogens (tertiary/aromatic N) is 2. The Morgan fingerprint density at radius 3 is 2.43 bits per heavy atom. The number of carbonyl (C=O) groups excluding carboxylic acids is 1. The lowest BCUT2D eigenvalue weighted by Crippen LogP contribution is -2.32. The van der Waals surface area contributed by atoms with Crippen LogP contribution in [0.2, 0.25) is 0 Å². The van der Waals surface area contributed by atoms with Gasteiger partial charge in [-0.15, -0.1) is 13.2 Å². The molecule has 0 aromatic heterocycles. The fraction of sp³-hybridized carbons (Fsp3) is 0.462. The second-order valence-corrected chi connectivity index (χ2v) is 6.37. The molecule has 0 spiro atoms. The van der Waals surface area contributed by atoms with E-state index in [0.29, 0.717) is 23.6 Å². The molecule has 2 heterocycles. The van der Waals surface area contributed by atoms with E-state index < -0.39 is 6.36 Å². The van der Waals surface area contributed by atoms with Crippen molar-refractivity contribution in [2.45, 2.75) is 23.7 Å². The van der Waals surface area contributed by atoms with Gasteiger partial charge in [0.05, 0.1) is 6.04 Å². The Morgan fingerprint density at radius 2 is 1.86 bits per heavy atom. The Bertz CT molecular complexity index is 549. The van der Waals surface area contributed by atoms with Gasteiger partial charge in [-0.25, -0.2) is 4.79 Å². The lowest BCUT2D eigenvalue weighted by atomic mass is 10.2. The van der Waals surface area contributed by atoms with Gasteiger partial charge in [-0.2, -0.15) is 0 Å². The topological polar surface area (TPSA) is 32.8 Å². The molecule has 4 nitrogen and oxygen atoms in total. The smallest absolute Gasteiger partial charge is 0.406 e. The summed E-state index contributed by atoms with van der Waals surface area (Å²) in [5, 5.41) is 0. The van der Waals surface area contributed by atoms with Gasteiger partial charge in [0.2, 0.25) is 0 Å². The molecule has 0 bridgehead atoms. The van der Waals surface area contributed by atoms with Crippen molar-refractivity contribution in [1.82, 2.24) is 4.90 Å².